The van der Waals surface area contributed by atoms with E-state index in [-0.39, 0.29) is 0 Å². The molecule has 7 heteroatoms. The number of hydrogen-bond donors (Lipinski definition) is 4. The zero-order valence-corrected chi connectivity index (χ0v) is 8.33. The first-order valence-corrected chi connectivity index (χ1v) is 5.89. The third kappa shape index (κ3) is 4.17. The molecule has 0 radical (unpaired) electrons. The van der Waals surface area contributed by atoms with E-state index in [1.165, 1.54) is 4.67 Å². The molecule has 0 aromatic carbocycles. The molecule has 4 N–H and O–H groups in total. The van der Waals surface area contributed by atoms with Gasteiger partial charge in [-0.3, -0.25) is 0 Å². The van der Waals surface area contributed by atoms with Crippen molar-refractivity contribution in [2.24, 2.45) is 0 Å². The van der Waals surface area contributed by atoms with Crippen molar-refractivity contribution in [1.82, 2.24) is 15.3 Å². The number of nitrogens with zero attached hydrogens (tertiary/aromatic N) is 1. The molecule has 0 spiro atoms. The average Bonchev–Trinajstić information content (AvgIpc) is 2.14. The van der Waals surface area contributed by atoms with E-state index in [0.717, 1.165) is 13.1 Å². The number of nitrogens with one attached hydrogen (secondary N) is 2. The van der Waals surface area contributed by atoms with Crippen LogP contribution in [0.2, 0.25) is 0 Å². The van der Waals surface area contributed by atoms with Gasteiger partial charge in [-0.2, -0.15) is 0 Å². The SMILES string of the molecule is O=P(O)(O)N1CCNCCNCC1. The maximum atomic E-state index is 10.9. The summed E-state index contributed by atoms with van der Waals surface area (Å²) in [6.07, 6.45) is 0. The molecule has 1 heterocycles. The van der Waals surface area contributed by atoms with Crippen molar-refractivity contribution < 1.29 is 14.4 Å². The van der Waals surface area contributed by atoms with Crippen LogP contribution in [0, 0.1) is 0 Å². The second kappa shape index (κ2) is 5.05. The lowest BCUT2D eigenvalue weighted by atomic mass is 10.5. The molecule has 1 saturated heterocycles. The molecule has 13 heavy (non-hydrogen) atoms. The van der Waals surface area contributed by atoms with Gasteiger partial charge in [-0.25, -0.2) is 9.24 Å². The van der Waals surface area contributed by atoms with Gasteiger partial charge >= 0.3 is 7.75 Å². The summed E-state index contributed by atoms with van der Waals surface area (Å²) < 4.78 is 12.1. The lowest BCUT2D eigenvalue weighted by molar-refractivity contribution is 0.271. The highest BCUT2D eigenvalue weighted by Gasteiger charge is 2.24. The standard InChI is InChI=1S/C6H16N3O3P/c10-13(11,12)9-5-3-7-1-2-8-4-6-9/h7-8H,1-6H2,(H2,10,11,12). The van der Waals surface area contributed by atoms with Gasteiger partial charge in [-0.15, -0.1) is 0 Å². The van der Waals surface area contributed by atoms with Crippen LogP contribution in [0.5, 0.6) is 0 Å². The summed E-state index contributed by atoms with van der Waals surface area (Å²) in [4.78, 5) is 17.9. The highest BCUT2D eigenvalue weighted by molar-refractivity contribution is 7.49. The minimum absolute atomic E-state index is 0.395. The number of hydrogen-bond acceptors (Lipinski definition) is 3. The largest absolute Gasteiger partial charge is 0.403 e. The number of rotatable bonds is 1. The Balaban J connectivity index is 2.46. The zero-order chi connectivity index (χ0) is 9.73. The second-order valence-electron chi connectivity index (χ2n) is 2.97. The van der Waals surface area contributed by atoms with E-state index in [0.29, 0.717) is 26.2 Å². The summed E-state index contributed by atoms with van der Waals surface area (Å²) >= 11 is 0. The molecule has 0 bridgehead atoms. The average molecular weight is 209 g/mol. The van der Waals surface area contributed by atoms with E-state index in [1.54, 1.807) is 0 Å². The van der Waals surface area contributed by atoms with Crippen molar-refractivity contribution in [2.75, 3.05) is 39.3 Å². The van der Waals surface area contributed by atoms with Crippen LogP contribution in [-0.4, -0.2) is 53.7 Å². The molecule has 0 unspecified atom stereocenters. The van der Waals surface area contributed by atoms with Gasteiger partial charge in [0.15, 0.2) is 0 Å². The van der Waals surface area contributed by atoms with Gasteiger partial charge in [0.05, 0.1) is 0 Å². The van der Waals surface area contributed by atoms with E-state index in [4.69, 9.17) is 9.79 Å². The van der Waals surface area contributed by atoms with Crippen molar-refractivity contribution in [3.63, 3.8) is 0 Å². The van der Waals surface area contributed by atoms with E-state index in [9.17, 15) is 4.57 Å². The first kappa shape index (κ1) is 11.1. The van der Waals surface area contributed by atoms with E-state index < -0.39 is 7.75 Å². The van der Waals surface area contributed by atoms with Crippen molar-refractivity contribution in [3.8, 4) is 0 Å². The molecule has 0 amide bonds. The van der Waals surface area contributed by atoms with Crippen LogP contribution in [0.15, 0.2) is 0 Å². The van der Waals surface area contributed by atoms with Gasteiger partial charge in [0.25, 0.3) is 0 Å². The van der Waals surface area contributed by atoms with Crippen LogP contribution < -0.4 is 10.6 Å². The smallest absolute Gasteiger partial charge is 0.314 e. The van der Waals surface area contributed by atoms with E-state index >= 15 is 0 Å². The molecule has 6 nitrogen and oxygen atoms in total. The predicted octanol–water partition coefficient (Wildman–Crippen LogP) is -1.43. The van der Waals surface area contributed by atoms with Gasteiger partial charge < -0.3 is 20.4 Å². The summed E-state index contributed by atoms with van der Waals surface area (Å²) in [5, 5.41) is 6.16. The van der Waals surface area contributed by atoms with Gasteiger partial charge in [0, 0.05) is 39.3 Å². The van der Waals surface area contributed by atoms with Crippen LogP contribution in [0.25, 0.3) is 0 Å². The summed E-state index contributed by atoms with van der Waals surface area (Å²) in [7, 11) is -4.05. The molecule has 1 rings (SSSR count). The van der Waals surface area contributed by atoms with Crippen LogP contribution in [-0.2, 0) is 4.57 Å². The fraction of sp³-hybridized carbons (Fsp3) is 1.00. The van der Waals surface area contributed by atoms with Crippen molar-refractivity contribution in [1.29, 1.82) is 0 Å². The third-order valence-electron chi connectivity index (χ3n) is 1.94. The monoisotopic (exact) mass is 209 g/mol. The third-order valence-corrected chi connectivity index (χ3v) is 3.08. The van der Waals surface area contributed by atoms with E-state index in [1.807, 2.05) is 0 Å². The fourth-order valence-electron chi connectivity index (χ4n) is 1.22. The maximum Gasteiger partial charge on any atom is 0.403 e. The van der Waals surface area contributed by atoms with Crippen LogP contribution in [0.4, 0.5) is 0 Å². The molecule has 1 aliphatic rings. The molecule has 0 aliphatic carbocycles. The first-order chi connectivity index (χ1) is 6.11. The Labute approximate surface area is 77.5 Å². The Morgan fingerprint density at radius 3 is 1.85 bits per heavy atom. The van der Waals surface area contributed by atoms with Crippen molar-refractivity contribution in [2.45, 2.75) is 0 Å². The minimum Gasteiger partial charge on any atom is -0.314 e. The van der Waals surface area contributed by atoms with Crippen molar-refractivity contribution >= 4 is 7.75 Å². The molecular weight excluding hydrogens is 193 g/mol. The molecule has 0 atom stereocenters. The van der Waals surface area contributed by atoms with Gasteiger partial charge in [0.2, 0.25) is 0 Å². The Morgan fingerprint density at radius 1 is 1.00 bits per heavy atom. The molecule has 1 aliphatic heterocycles. The fourth-order valence-corrected chi connectivity index (χ4v) is 1.94. The normalized spacial score (nSPS) is 23.2. The van der Waals surface area contributed by atoms with Gasteiger partial charge in [-0.1, -0.05) is 0 Å². The predicted molar refractivity (Wildman–Crippen MR) is 49.4 cm³/mol. The second-order valence-corrected chi connectivity index (χ2v) is 4.56. The summed E-state index contributed by atoms with van der Waals surface area (Å²) in [6.45, 7) is 3.71. The lowest BCUT2D eigenvalue weighted by Crippen LogP contribution is -2.31. The van der Waals surface area contributed by atoms with Crippen LogP contribution in [0.1, 0.15) is 0 Å². The van der Waals surface area contributed by atoms with E-state index in [2.05, 4.69) is 10.6 Å². The minimum atomic E-state index is -4.05. The van der Waals surface area contributed by atoms with Crippen LogP contribution >= 0.6 is 7.75 Å². The molecular formula is C6H16N3O3P. The Bertz CT molecular complexity index is 186. The summed E-state index contributed by atoms with van der Waals surface area (Å²) in [5.41, 5.74) is 0. The highest BCUT2D eigenvalue weighted by atomic mass is 31.2. The Hall–Kier alpha value is 0.0300. The lowest BCUT2D eigenvalue weighted by Gasteiger charge is -2.21. The topological polar surface area (TPSA) is 84.8 Å². The highest BCUT2D eigenvalue weighted by Crippen LogP contribution is 2.38. The van der Waals surface area contributed by atoms with Gasteiger partial charge in [-0.05, 0) is 0 Å². The van der Waals surface area contributed by atoms with Gasteiger partial charge in [0.1, 0.15) is 0 Å². The molecule has 1 fully saturated rings. The quantitative estimate of drug-likeness (QED) is 0.396. The Kier molecular flexibility index (Phi) is 4.31. The molecule has 0 aromatic heterocycles. The summed E-state index contributed by atoms with van der Waals surface area (Å²) in [6, 6.07) is 0. The Morgan fingerprint density at radius 2 is 1.46 bits per heavy atom. The molecule has 0 aromatic rings. The maximum absolute atomic E-state index is 10.9. The zero-order valence-electron chi connectivity index (χ0n) is 7.44. The van der Waals surface area contributed by atoms with Crippen molar-refractivity contribution in [3.05, 3.63) is 0 Å². The summed E-state index contributed by atoms with van der Waals surface area (Å²) in [5.74, 6) is 0. The molecule has 0 saturated carbocycles. The van der Waals surface area contributed by atoms with Crippen LogP contribution in [0.3, 0.4) is 0 Å². The molecule has 78 valence electrons. The first-order valence-electron chi connectivity index (χ1n) is 4.33.